The monoisotopic (exact) mass is 820 g/mol. The molecular formula is Ag2Hg3. The molecule has 0 saturated heterocycles. The van der Waals surface area contributed by atoms with E-state index in [-0.39, 0.29) is 128 Å². The fourth-order valence-electron chi connectivity index (χ4n) is 0. The van der Waals surface area contributed by atoms with Crippen molar-refractivity contribution in [2.24, 2.45) is 0 Å². The molecule has 0 aliphatic rings. The predicted octanol–water partition coefficient (Wildman–Crippen LogP) is -0.0125. The van der Waals surface area contributed by atoms with E-state index in [1.54, 1.807) is 0 Å². The van der Waals surface area contributed by atoms with Crippen LogP contribution in [0.3, 0.4) is 0 Å². The molecular weight excluding hydrogens is 818 g/mol. The van der Waals surface area contributed by atoms with Gasteiger partial charge in [0, 0.05) is 128 Å². The van der Waals surface area contributed by atoms with Gasteiger partial charge in [-0.05, 0) is 0 Å². The van der Waals surface area contributed by atoms with Crippen LogP contribution in [0.25, 0.3) is 0 Å². The van der Waals surface area contributed by atoms with Gasteiger partial charge in [-0.15, -0.1) is 0 Å². The fraction of sp³-hybridized carbons (Fsp3) is 0. The Balaban J connectivity index is 0. The average molecular weight is 818 g/mol. The topological polar surface area (TPSA) is 0 Å². The second-order valence-corrected chi connectivity index (χ2v) is 0. The first-order valence-corrected chi connectivity index (χ1v) is 0. The molecule has 0 rings (SSSR count). The minimum atomic E-state index is 0. The van der Waals surface area contributed by atoms with E-state index in [9.17, 15) is 0 Å². The molecule has 0 unspecified atom stereocenters. The summed E-state index contributed by atoms with van der Waals surface area (Å²) in [5.41, 5.74) is 0. The van der Waals surface area contributed by atoms with Gasteiger partial charge in [0.1, 0.15) is 0 Å². The summed E-state index contributed by atoms with van der Waals surface area (Å²) in [6.45, 7) is 0. The predicted molar refractivity (Wildman–Crippen MR) is 0 cm³/mol. The third-order valence-electron chi connectivity index (χ3n) is 0. The van der Waals surface area contributed by atoms with Crippen molar-refractivity contribution in [1.29, 1.82) is 0 Å². The second kappa shape index (κ2) is 23.9. The Labute approximate surface area is 125 Å². The molecule has 5 heavy (non-hydrogen) atoms. The summed E-state index contributed by atoms with van der Waals surface area (Å²) in [5.74, 6) is 0. The van der Waals surface area contributed by atoms with E-state index in [0.29, 0.717) is 0 Å². The van der Waals surface area contributed by atoms with Gasteiger partial charge in [0.2, 0.25) is 0 Å². The van der Waals surface area contributed by atoms with E-state index >= 15 is 0 Å². The van der Waals surface area contributed by atoms with Crippen molar-refractivity contribution in [3.63, 3.8) is 0 Å². The Morgan fingerprint density at radius 3 is 0.400 bits per heavy atom. The van der Waals surface area contributed by atoms with Crippen molar-refractivity contribution < 1.29 is 128 Å². The van der Waals surface area contributed by atoms with Gasteiger partial charge in [-0.2, -0.15) is 0 Å². The Bertz CT molecular complexity index is 4.85. The molecule has 28 valence electrons. The van der Waals surface area contributed by atoms with Crippen LogP contribution in [0.2, 0.25) is 0 Å². The first kappa shape index (κ1) is 34.7. The molecule has 2 radical (unpaired) electrons. The van der Waals surface area contributed by atoms with Crippen molar-refractivity contribution >= 4 is 0 Å². The van der Waals surface area contributed by atoms with Crippen LogP contribution >= 0.6 is 0 Å². The van der Waals surface area contributed by atoms with Gasteiger partial charge in [0.15, 0.2) is 0 Å². The van der Waals surface area contributed by atoms with Crippen LogP contribution in [0.1, 0.15) is 0 Å². The molecule has 0 aliphatic heterocycles. The van der Waals surface area contributed by atoms with Gasteiger partial charge in [0.05, 0.1) is 0 Å². The van der Waals surface area contributed by atoms with Crippen molar-refractivity contribution in [3.05, 3.63) is 0 Å². The van der Waals surface area contributed by atoms with E-state index in [1.165, 1.54) is 0 Å². The van der Waals surface area contributed by atoms with Crippen LogP contribution in [0.5, 0.6) is 0 Å². The molecule has 0 aromatic carbocycles. The molecule has 0 nitrogen and oxygen atoms in total. The van der Waals surface area contributed by atoms with Crippen LogP contribution < -0.4 is 0 Å². The molecule has 0 N–H and O–H groups in total. The van der Waals surface area contributed by atoms with Crippen LogP contribution in [0, 0.1) is 0 Å². The summed E-state index contributed by atoms with van der Waals surface area (Å²) in [6.07, 6.45) is 0. The molecule has 5 heteroatoms. The molecule has 0 atom stereocenters. The summed E-state index contributed by atoms with van der Waals surface area (Å²) < 4.78 is 0. The standard InChI is InChI=1S/2Ag.3Hg. The quantitative estimate of drug-likeness (QED) is 0.303. The molecule has 0 aromatic heterocycles. The van der Waals surface area contributed by atoms with Gasteiger partial charge in [0.25, 0.3) is 0 Å². The average Bonchev–Trinajstić information content (AvgIpc) is 0. The Hall–Kier alpha value is 4.29. The first-order chi connectivity index (χ1) is 0. The van der Waals surface area contributed by atoms with E-state index in [4.69, 9.17) is 0 Å². The Kier molecular flexibility index (Phi) is 166. The summed E-state index contributed by atoms with van der Waals surface area (Å²) >= 11 is 0. The number of rotatable bonds is 0. The molecule has 0 aromatic rings. The third kappa shape index (κ3) is 17.8. The van der Waals surface area contributed by atoms with Gasteiger partial charge in [-0.25, -0.2) is 0 Å². The van der Waals surface area contributed by atoms with E-state index in [1.807, 2.05) is 0 Å². The fourth-order valence-corrected chi connectivity index (χ4v) is 0. The van der Waals surface area contributed by atoms with E-state index < -0.39 is 0 Å². The molecule has 0 spiro atoms. The van der Waals surface area contributed by atoms with Crippen molar-refractivity contribution in [3.8, 4) is 0 Å². The molecule has 0 aliphatic carbocycles. The Morgan fingerprint density at radius 2 is 0.400 bits per heavy atom. The van der Waals surface area contributed by atoms with Gasteiger partial charge < -0.3 is 0 Å². The SMILES string of the molecule is [Ag].[Ag].[Hg].[Hg].[Hg]. The van der Waals surface area contributed by atoms with Gasteiger partial charge in [-0.1, -0.05) is 0 Å². The summed E-state index contributed by atoms with van der Waals surface area (Å²) in [4.78, 5) is 0. The number of hydrogen-bond acceptors (Lipinski definition) is 0. The molecule has 0 bridgehead atoms. The number of hydrogen-bond donors (Lipinski definition) is 0. The zero-order chi connectivity index (χ0) is 0. The normalized spacial score (nSPS) is 0. The zero-order valence-electron chi connectivity index (χ0n) is 2.72. The molecule has 0 fully saturated rings. The van der Waals surface area contributed by atoms with E-state index in [2.05, 4.69) is 0 Å². The first-order valence-electron chi connectivity index (χ1n) is 0. The maximum absolute atomic E-state index is 0. The van der Waals surface area contributed by atoms with Crippen LogP contribution in [-0.2, 0) is 128 Å². The summed E-state index contributed by atoms with van der Waals surface area (Å²) in [7, 11) is 0. The summed E-state index contributed by atoms with van der Waals surface area (Å²) in [6, 6.07) is 0. The molecule has 0 heterocycles. The maximum atomic E-state index is 0. The van der Waals surface area contributed by atoms with Crippen LogP contribution in [-0.4, -0.2) is 0 Å². The van der Waals surface area contributed by atoms with Crippen molar-refractivity contribution in [2.45, 2.75) is 0 Å². The van der Waals surface area contributed by atoms with Gasteiger partial charge in [-0.3, -0.25) is 0 Å². The molecule has 0 saturated carbocycles. The minimum Gasteiger partial charge on any atom is 0 e. The maximum Gasteiger partial charge on any atom is 0 e. The second-order valence-electron chi connectivity index (χ2n) is 0. The van der Waals surface area contributed by atoms with Crippen molar-refractivity contribution in [1.82, 2.24) is 0 Å². The summed E-state index contributed by atoms with van der Waals surface area (Å²) in [5, 5.41) is 0. The van der Waals surface area contributed by atoms with Gasteiger partial charge >= 0.3 is 0 Å². The van der Waals surface area contributed by atoms with Crippen molar-refractivity contribution in [2.75, 3.05) is 0 Å². The smallest absolute Gasteiger partial charge is 0 e. The van der Waals surface area contributed by atoms with Crippen LogP contribution in [0.15, 0.2) is 0 Å². The zero-order valence-corrected chi connectivity index (χ0v) is 22.2. The van der Waals surface area contributed by atoms with Crippen LogP contribution in [0.4, 0.5) is 0 Å². The Morgan fingerprint density at radius 1 is 0.400 bits per heavy atom. The molecule has 0 amide bonds. The minimum absolute atomic E-state index is 0. The largest absolute Gasteiger partial charge is 0 e. The third-order valence-corrected chi connectivity index (χ3v) is 0. The van der Waals surface area contributed by atoms with E-state index in [0.717, 1.165) is 0 Å².